The molecule has 0 aliphatic rings. The van der Waals surface area contributed by atoms with E-state index in [2.05, 4.69) is 5.32 Å². The maximum absolute atomic E-state index is 12.3. The monoisotopic (exact) mass is 481 g/mol. The van der Waals surface area contributed by atoms with Gasteiger partial charge in [0.15, 0.2) is 9.84 Å². The van der Waals surface area contributed by atoms with Gasteiger partial charge in [-0.05, 0) is 60.2 Å². The predicted octanol–water partition coefficient (Wildman–Crippen LogP) is 4.03. The summed E-state index contributed by atoms with van der Waals surface area (Å²) in [5.74, 6) is 0.741. The third-order valence-corrected chi connectivity index (χ3v) is 6.58. The van der Waals surface area contributed by atoms with E-state index in [4.69, 9.17) is 4.74 Å². The lowest BCUT2D eigenvalue weighted by atomic mass is 10.0. The number of hydrogen-bond donors (Lipinski definition) is 2. The first-order valence-corrected chi connectivity index (χ1v) is 13.2. The molecule has 6 nitrogen and oxygen atoms in total. The lowest BCUT2D eigenvalue weighted by Gasteiger charge is -2.17. The second kappa shape index (κ2) is 12.3. The highest BCUT2D eigenvalue weighted by Gasteiger charge is 2.13. The number of ether oxygens (including phenoxy) is 1. The van der Waals surface area contributed by atoms with E-state index < -0.39 is 9.84 Å². The lowest BCUT2D eigenvalue weighted by molar-refractivity contribution is -0.122. The molecule has 1 amide bonds. The third-order valence-electron chi connectivity index (χ3n) is 5.45. The van der Waals surface area contributed by atoms with E-state index in [9.17, 15) is 18.3 Å². The van der Waals surface area contributed by atoms with Gasteiger partial charge in [-0.2, -0.15) is 0 Å². The van der Waals surface area contributed by atoms with Crippen molar-refractivity contribution in [1.82, 2.24) is 5.32 Å². The normalized spacial score (nSPS) is 12.2. The summed E-state index contributed by atoms with van der Waals surface area (Å²) in [7, 11) is -3.22. The third kappa shape index (κ3) is 8.01. The van der Waals surface area contributed by atoms with Crippen molar-refractivity contribution >= 4 is 15.7 Å². The van der Waals surface area contributed by atoms with Gasteiger partial charge in [-0.1, -0.05) is 54.6 Å². The molecular weight excluding hydrogens is 450 g/mol. The zero-order valence-corrected chi connectivity index (χ0v) is 20.1. The van der Waals surface area contributed by atoms with Crippen molar-refractivity contribution in [2.45, 2.75) is 36.6 Å². The zero-order chi connectivity index (χ0) is 24.4. The van der Waals surface area contributed by atoms with Gasteiger partial charge in [0.05, 0.1) is 24.2 Å². The van der Waals surface area contributed by atoms with Crippen molar-refractivity contribution in [3.8, 4) is 16.9 Å². The molecule has 0 spiro atoms. The summed E-state index contributed by atoms with van der Waals surface area (Å²) in [6, 6.07) is 23.8. The Morgan fingerprint density at radius 3 is 2.12 bits per heavy atom. The van der Waals surface area contributed by atoms with E-state index >= 15 is 0 Å². The Labute approximate surface area is 201 Å². The van der Waals surface area contributed by atoms with Crippen LogP contribution in [0.1, 0.15) is 24.8 Å². The Kier molecular flexibility index (Phi) is 9.24. The molecule has 3 aromatic carbocycles. The minimum absolute atomic E-state index is 0.0821. The number of nitrogens with one attached hydrogen (secondary N) is 1. The van der Waals surface area contributed by atoms with E-state index in [0.717, 1.165) is 28.9 Å². The minimum Gasteiger partial charge on any atom is -0.494 e. The first-order valence-electron chi connectivity index (χ1n) is 11.3. The molecule has 0 aliphatic carbocycles. The Morgan fingerprint density at radius 1 is 0.912 bits per heavy atom. The quantitative estimate of drug-likeness (QED) is 0.381. The molecule has 2 N–H and O–H groups in total. The molecule has 0 aromatic heterocycles. The number of carbonyl (C=O) groups excluding carboxylic acids is 1. The van der Waals surface area contributed by atoms with Crippen LogP contribution >= 0.6 is 0 Å². The van der Waals surface area contributed by atoms with E-state index in [0.29, 0.717) is 25.9 Å². The molecule has 3 rings (SSSR count). The number of aliphatic hydroxyl groups excluding tert-OH is 1. The number of unbranched alkanes of at least 4 members (excludes halogenated alkanes) is 1. The lowest BCUT2D eigenvalue weighted by Crippen LogP contribution is -2.39. The van der Waals surface area contributed by atoms with Gasteiger partial charge in [0.1, 0.15) is 5.75 Å². The number of sulfone groups is 1. The number of hydrogen-bond acceptors (Lipinski definition) is 5. The van der Waals surface area contributed by atoms with Crippen molar-refractivity contribution in [2.75, 3.05) is 19.5 Å². The molecule has 0 saturated carbocycles. The molecule has 1 atom stereocenters. The van der Waals surface area contributed by atoms with Crippen molar-refractivity contribution < 1.29 is 23.1 Å². The van der Waals surface area contributed by atoms with Crippen LogP contribution in [-0.4, -0.2) is 44.9 Å². The smallest absolute Gasteiger partial charge is 0.220 e. The largest absolute Gasteiger partial charge is 0.494 e. The minimum atomic E-state index is -3.22. The van der Waals surface area contributed by atoms with Crippen LogP contribution in [-0.2, 0) is 21.1 Å². The molecule has 0 bridgehead atoms. The van der Waals surface area contributed by atoms with E-state index in [1.165, 1.54) is 6.26 Å². The SMILES string of the molecule is CS(=O)(=O)c1ccc(-c2ccc(C[C@@H](CO)NC(=O)CCCCOc3ccccc3)cc2)cc1. The molecule has 0 fully saturated rings. The van der Waals surface area contributed by atoms with Gasteiger partial charge in [-0.15, -0.1) is 0 Å². The zero-order valence-electron chi connectivity index (χ0n) is 19.3. The molecule has 0 radical (unpaired) electrons. The van der Waals surface area contributed by atoms with Crippen LogP contribution in [0.2, 0.25) is 0 Å². The Morgan fingerprint density at radius 2 is 1.53 bits per heavy atom. The fourth-order valence-electron chi connectivity index (χ4n) is 3.57. The number of para-hydroxylation sites is 1. The number of carbonyl (C=O) groups is 1. The highest BCUT2D eigenvalue weighted by molar-refractivity contribution is 7.90. The van der Waals surface area contributed by atoms with E-state index in [1.54, 1.807) is 24.3 Å². The first kappa shape index (κ1) is 25.5. The average molecular weight is 482 g/mol. The second-order valence-electron chi connectivity index (χ2n) is 8.26. The van der Waals surface area contributed by atoms with Gasteiger partial charge in [-0.25, -0.2) is 8.42 Å². The number of aliphatic hydroxyl groups is 1. The summed E-state index contributed by atoms with van der Waals surface area (Å²) in [5, 5.41) is 12.6. The standard InChI is InChI=1S/C27H31NO5S/c1-34(31,32)26-16-14-23(15-17-26)22-12-10-21(11-13-22)19-24(20-29)28-27(30)9-5-6-18-33-25-7-3-2-4-8-25/h2-4,7-8,10-17,24,29H,5-6,9,18-20H2,1H3,(H,28,30)/t24-/m0/s1. The van der Waals surface area contributed by atoms with Crippen molar-refractivity contribution in [3.63, 3.8) is 0 Å². The second-order valence-corrected chi connectivity index (χ2v) is 10.3. The summed E-state index contributed by atoms with van der Waals surface area (Å²) >= 11 is 0. The molecule has 0 unspecified atom stereocenters. The van der Waals surface area contributed by atoms with Gasteiger partial charge in [0, 0.05) is 12.7 Å². The average Bonchev–Trinajstić information content (AvgIpc) is 2.84. The molecule has 0 saturated heterocycles. The summed E-state index contributed by atoms with van der Waals surface area (Å²) in [6.45, 7) is 0.418. The Hall–Kier alpha value is -3.16. The van der Waals surface area contributed by atoms with Crippen LogP contribution in [0.3, 0.4) is 0 Å². The predicted molar refractivity (Wildman–Crippen MR) is 133 cm³/mol. The topological polar surface area (TPSA) is 92.7 Å². The highest BCUT2D eigenvalue weighted by Crippen LogP contribution is 2.22. The molecule has 34 heavy (non-hydrogen) atoms. The fourth-order valence-corrected chi connectivity index (χ4v) is 4.20. The van der Waals surface area contributed by atoms with Gasteiger partial charge in [-0.3, -0.25) is 4.79 Å². The number of amides is 1. The summed E-state index contributed by atoms with van der Waals surface area (Å²) < 4.78 is 28.9. The van der Waals surface area contributed by atoms with Crippen LogP contribution in [0.15, 0.2) is 83.8 Å². The van der Waals surface area contributed by atoms with E-state index in [-0.39, 0.29) is 23.5 Å². The number of rotatable bonds is 12. The van der Waals surface area contributed by atoms with Gasteiger partial charge in [0.2, 0.25) is 5.91 Å². The van der Waals surface area contributed by atoms with Crippen LogP contribution in [0.5, 0.6) is 5.75 Å². The summed E-state index contributed by atoms with van der Waals surface area (Å²) in [6.07, 6.45) is 3.58. The Bertz CT molecular complexity index is 1140. The van der Waals surface area contributed by atoms with Crippen molar-refractivity contribution in [2.24, 2.45) is 0 Å². The fraction of sp³-hybridized carbons (Fsp3) is 0.296. The van der Waals surface area contributed by atoms with Gasteiger partial charge in [0.25, 0.3) is 0 Å². The molecular formula is C27H31NO5S. The van der Waals surface area contributed by atoms with Gasteiger partial charge >= 0.3 is 0 Å². The van der Waals surface area contributed by atoms with Crippen molar-refractivity contribution in [1.29, 1.82) is 0 Å². The van der Waals surface area contributed by atoms with Crippen LogP contribution in [0, 0.1) is 0 Å². The van der Waals surface area contributed by atoms with Crippen LogP contribution in [0.25, 0.3) is 11.1 Å². The number of benzene rings is 3. The van der Waals surface area contributed by atoms with Crippen LogP contribution in [0.4, 0.5) is 0 Å². The summed E-state index contributed by atoms with van der Waals surface area (Å²) in [5.41, 5.74) is 2.88. The van der Waals surface area contributed by atoms with E-state index in [1.807, 2.05) is 54.6 Å². The summed E-state index contributed by atoms with van der Waals surface area (Å²) in [4.78, 5) is 12.6. The maximum atomic E-state index is 12.3. The molecule has 180 valence electrons. The van der Waals surface area contributed by atoms with Gasteiger partial charge < -0.3 is 15.2 Å². The molecule has 7 heteroatoms. The maximum Gasteiger partial charge on any atom is 0.220 e. The van der Waals surface area contributed by atoms with Crippen LogP contribution < -0.4 is 10.1 Å². The molecule has 0 aliphatic heterocycles. The Balaban J connectivity index is 1.44. The van der Waals surface area contributed by atoms with Crippen molar-refractivity contribution in [3.05, 3.63) is 84.4 Å². The molecule has 0 heterocycles. The first-order chi connectivity index (χ1) is 16.3. The highest BCUT2D eigenvalue weighted by atomic mass is 32.2. The molecule has 3 aromatic rings.